The van der Waals surface area contributed by atoms with Gasteiger partial charge in [-0.05, 0) is 55.8 Å². The lowest BCUT2D eigenvalue weighted by atomic mass is 10.1. The summed E-state index contributed by atoms with van der Waals surface area (Å²) in [5.41, 5.74) is 1.99. The Hall–Kier alpha value is -2.40. The van der Waals surface area contributed by atoms with E-state index in [1.54, 1.807) is 29.5 Å². The summed E-state index contributed by atoms with van der Waals surface area (Å²) in [7, 11) is 0. The van der Waals surface area contributed by atoms with E-state index in [0.717, 1.165) is 42.8 Å². The lowest BCUT2D eigenvalue weighted by Crippen LogP contribution is -2.41. The van der Waals surface area contributed by atoms with Crippen molar-refractivity contribution >= 4 is 29.2 Å². The van der Waals surface area contributed by atoms with Crippen LogP contribution >= 0.6 is 11.3 Å². The lowest BCUT2D eigenvalue weighted by molar-refractivity contribution is -0.128. The molecule has 0 aliphatic carbocycles. The van der Waals surface area contributed by atoms with Crippen molar-refractivity contribution in [2.24, 2.45) is 0 Å². The maximum absolute atomic E-state index is 12.9. The Labute approximate surface area is 152 Å². The van der Waals surface area contributed by atoms with Crippen LogP contribution in [-0.2, 0) is 4.79 Å². The molecule has 0 atom stereocenters. The van der Waals surface area contributed by atoms with E-state index in [4.69, 9.17) is 0 Å². The number of hydrogen-bond donors (Lipinski definition) is 1. The third kappa shape index (κ3) is 4.57. The number of hydrogen-bond acceptors (Lipinski definition) is 3. The van der Waals surface area contributed by atoms with Gasteiger partial charge >= 0.3 is 0 Å². The fourth-order valence-corrected chi connectivity index (χ4v) is 3.49. The number of thiophene rings is 1. The number of nitrogens with zero attached hydrogens (tertiary/aromatic N) is 1. The maximum Gasteiger partial charge on any atom is 0.270 e. The van der Waals surface area contributed by atoms with E-state index in [9.17, 15) is 9.59 Å². The molecule has 1 aliphatic rings. The molecule has 0 radical (unpaired) electrons. The number of piperidine rings is 1. The van der Waals surface area contributed by atoms with Gasteiger partial charge in [0.2, 0.25) is 0 Å². The molecule has 5 heteroatoms. The molecule has 3 rings (SSSR count). The molecule has 4 nitrogen and oxygen atoms in total. The molecule has 1 saturated heterocycles. The number of benzene rings is 1. The highest BCUT2D eigenvalue weighted by Gasteiger charge is 2.22. The van der Waals surface area contributed by atoms with E-state index in [-0.39, 0.29) is 11.8 Å². The summed E-state index contributed by atoms with van der Waals surface area (Å²) in [6, 6.07) is 11.2. The smallest absolute Gasteiger partial charge is 0.270 e. The first kappa shape index (κ1) is 17.4. The minimum absolute atomic E-state index is 0.103. The quantitative estimate of drug-likeness (QED) is 0.848. The fraction of sp³-hybridized carbons (Fsp3) is 0.300. The molecule has 2 aromatic rings. The first-order chi connectivity index (χ1) is 12.1. The SMILES string of the molecule is Cc1ccc(C(=O)N/C(=C/c2cccs2)C(=O)N2CCCCC2)cc1. The van der Waals surface area contributed by atoms with Gasteiger partial charge in [-0.15, -0.1) is 11.3 Å². The fourth-order valence-electron chi connectivity index (χ4n) is 2.83. The molecule has 0 saturated carbocycles. The lowest BCUT2D eigenvalue weighted by Gasteiger charge is -2.27. The number of carbonyl (C=O) groups is 2. The van der Waals surface area contributed by atoms with Gasteiger partial charge in [-0.3, -0.25) is 9.59 Å². The van der Waals surface area contributed by atoms with Gasteiger partial charge < -0.3 is 10.2 Å². The molecule has 25 heavy (non-hydrogen) atoms. The highest BCUT2D eigenvalue weighted by Crippen LogP contribution is 2.17. The minimum atomic E-state index is -0.256. The largest absolute Gasteiger partial charge is 0.337 e. The zero-order valence-corrected chi connectivity index (χ0v) is 15.1. The van der Waals surface area contributed by atoms with Crippen LogP contribution < -0.4 is 5.32 Å². The molecule has 0 unspecified atom stereocenters. The van der Waals surface area contributed by atoms with E-state index >= 15 is 0 Å². The first-order valence-corrected chi connectivity index (χ1v) is 9.44. The minimum Gasteiger partial charge on any atom is -0.337 e. The summed E-state index contributed by atoms with van der Waals surface area (Å²) in [4.78, 5) is 28.2. The van der Waals surface area contributed by atoms with Gasteiger partial charge in [-0.25, -0.2) is 0 Å². The molecule has 1 aromatic carbocycles. The number of rotatable bonds is 4. The molecular weight excluding hydrogens is 332 g/mol. The van der Waals surface area contributed by atoms with E-state index in [1.165, 1.54) is 0 Å². The van der Waals surface area contributed by atoms with Gasteiger partial charge in [0.1, 0.15) is 5.70 Å². The summed E-state index contributed by atoms with van der Waals surface area (Å²) in [5, 5.41) is 4.78. The van der Waals surface area contributed by atoms with Crippen LogP contribution in [0.4, 0.5) is 0 Å². The standard InChI is InChI=1S/C20H22N2O2S/c1-15-7-9-16(10-8-15)19(23)21-18(14-17-6-5-13-25-17)20(24)22-11-3-2-4-12-22/h5-10,13-14H,2-4,11-12H2,1H3,(H,21,23)/b18-14+. The Morgan fingerprint density at radius 1 is 1.08 bits per heavy atom. The third-order valence-electron chi connectivity index (χ3n) is 4.27. The number of likely N-dealkylation sites (tertiary alicyclic amines) is 1. The van der Waals surface area contributed by atoms with Gasteiger partial charge in [0.25, 0.3) is 11.8 Å². The molecule has 1 N–H and O–H groups in total. The van der Waals surface area contributed by atoms with Crippen LogP contribution in [0.1, 0.15) is 40.1 Å². The predicted molar refractivity (Wildman–Crippen MR) is 101 cm³/mol. The summed E-state index contributed by atoms with van der Waals surface area (Å²) < 4.78 is 0. The zero-order valence-electron chi connectivity index (χ0n) is 14.3. The molecular formula is C20H22N2O2S. The molecule has 2 heterocycles. The van der Waals surface area contributed by atoms with Crippen LogP contribution in [0.15, 0.2) is 47.5 Å². The molecule has 1 fully saturated rings. The average molecular weight is 354 g/mol. The van der Waals surface area contributed by atoms with Crippen molar-refractivity contribution in [3.63, 3.8) is 0 Å². The summed E-state index contributed by atoms with van der Waals surface area (Å²) >= 11 is 1.54. The van der Waals surface area contributed by atoms with Crippen molar-refractivity contribution in [1.29, 1.82) is 0 Å². The molecule has 0 bridgehead atoms. The van der Waals surface area contributed by atoms with Crippen LogP contribution in [0, 0.1) is 6.92 Å². The summed E-state index contributed by atoms with van der Waals surface area (Å²) in [6.07, 6.45) is 4.96. The van der Waals surface area contributed by atoms with E-state index in [0.29, 0.717) is 11.3 Å². The van der Waals surface area contributed by atoms with E-state index in [1.807, 2.05) is 41.5 Å². The van der Waals surface area contributed by atoms with Crippen molar-refractivity contribution in [2.75, 3.05) is 13.1 Å². The van der Waals surface area contributed by atoms with Crippen molar-refractivity contribution in [1.82, 2.24) is 10.2 Å². The van der Waals surface area contributed by atoms with Crippen molar-refractivity contribution in [3.05, 3.63) is 63.5 Å². The summed E-state index contributed by atoms with van der Waals surface area (Å²) in [6.45, 7) is 3.48. The van der Waals surface area contributed by atoms with Crippen molar-refractivity contribution in [3.8, 4) is 0 Å². The topological polar surface area (TPSA) is 49.4 Å². The molecule has 130 valence electrons. The molecule has 2 amide bonds. The number of aryl methyl sites for hydroxylation is 1. The Bertz CT molecular complexity index is 758. The number of nitrogens with one attached hydrogen (secondary N) is 1. The van der Waals surface area contributed by atoms with Crippen molar-refractivity contribution < 1.29 is 9.59 Å². The van der Waals surface area contributed by atoms with Crippen LogP contribution in [0.25, 0.3) is 6.08 Å². The highest BCUT2D eigenvalue weighted by molar-refractivity contribution is 7.10. The predicted octanol–water partition coefficient (Wildman–Crippen LogP) is 3.84. The molecule has 1 aliphatic heterocycles. The zero-order chi connectivity index (χ0) is 17.6. The normalized spacial score (nSPS) is 15.1. The van der Waals surface area contributed by atoms with Gasteiger partial charge in [0.15, 0.2) is 0 Å². The first-order valence-electron chi connectivity index (χ1n) is 8.56. The third-order valence-corrected chi connectivity index (χ3v) is 5.08. The van der Waals surface area contributed by atoms with Crippen LogP contribution in [0.5, 0.6) is 0 Å². The second-order valence-electron chi connectivity index (χ2n) is 6.25. The highest BCUT2D eigenvalue weighted by atomic mass is 32.1. The van der Waals surface area contributed by atoms with Gasteiger partial charge in [0.05, 0.1) is 0 Å². The number of amides is 2. The monoisotopic (exact) mass is 354 g/mol. The van der Waals surface area contributed by atoms with Gasteiger partial charge in [0, 0.05) is 23.5 Å². The van der Waals surface area contributed by atoms with Crippen molar-refractivity contribution in [2.45, 2.75) is 26.2 Å². The van der Waals surface area contributed by atoms with Gasteiger partial charge in [-0.2, -0.15) is 0 Å². The Balaban J connectivity index is 1.82. The molecule has 1 aromatic heterocycles. The second kappa shape index (κ2) is 8.12. The second-order valence-corrected chi connectivity index (χ2v) is 7.23. The Kier molecular flexibility index (Phi) is 5.66. The van der Waals surface area contributed by atoms with E-state index in [2.05, 4.69) is 5.32 Å². The van der Waals surface area contributed by atoms with Crippen LogP contribution in [0.2, 0.25) is 0 Å². The van der Waals surface area contributed by atoms with Crippen LogP contribution in [0.3, 0.4) is 0 Å². The van der Waals surface area contributed by atoms with E-state index < -0.39 is 0 Å². The molecule has 0 spiro atoms. The van der Waals surface area contributed by atoms with Crippen LogP contribution in [-0.4, -0.2) is 29.8 Å². The number of carbonyl (C=O) groups excluding carboxylic acids is 2. The summed E-state index contributed by atoms with van der Waals surface area (Å²) in [5.74, 6) is -0.360. The Morgan fingerprint density at radius 2 is 1.80 bits per heavy atom. The van der Waals surface area contributed by atoms with Gasteiger partial charge in [-0.1, -0.05) is 23.8 Å². The Morgan fingerprint density at radius 3 is 2.44 bits per heavy atom. The average Bonchev–Trinajstić information content (AvgIpc) is 3.15. The maximum atomic E-state index is 12.9.